The third kappa shape index (κ3) is 3.03. The van der Waals surface area contributed by atoms with Gasteiger partial charge in [0.05, 0.1) is 0 Å². The molecule has 0 fully saturated rings. The molecule has 5 heteroatoms. The maximum absolute atomic E-state index is 11.6. The highest BCUT2D eigenvalue weighted by atomic mass is 35.5. The summed E-state index contributed by atoms with van der Waals surface area (Å²) >= 11 is 5.77. The molecule has 94 valence electrons. The summed E-state index contributed by atoms with van der Waals surface area (Å²) in [5.74, 6) is 0.845. The minimum absolute atomic E-state index is 0.167. The van der Waals surface area contributed by atoms with Crippen LogP contribution >= 0.6 is 11.6 Å². The van der Waals surface area contributed by atoms with Gasteiger partial charge in [-0.05, 0) is 36.4 Å². The van der Waals surface area contributed by atoms with Gasteiger partial charge in [-0.2, -0.15) is 0 Å². The fourth-order valence-electron chi connectivity index (χ4n) is 1.47. The van der Waals surface area contributed by atoms with Crippen LogP contribution in [0.5, 0.6) is 11.5 Å². The second-order valence-corrected chi connectivity index (χ2v) is 6.20. The Labute approximate surface area is 111 Å². The summed E-state index contributed by atoms with van der Waals surface area (Å²) in [5.41, 5.74) is 0. The Balaban J connectivity index is 2.38. The van der Waals surface area contributed by atoms with Crippen LogP contribution in [0.4, 0.5) is 0 Å². The van der Waals surface area contributed by atoms with E-state index in [9.17, 15) is 8.42 Å². The molecule has 0 unspecified atom stereocenters. The van der Waals surface area contributed by atoms with Gasteiger partial charge in [-0.15, -0.1) is 0 Å². The SMILES string of the molecule is CS(=O)(=O)c1ccccc1Oc1ccc(Cl)cc1. The first-order valence-corrected chi connectivity index (χ1v) is 7.46. The monoisotopic (exact) mass is 282 g/mol. The normalized spacial score (nSPS) is 11.2. The van der Waals surface area contributed by atoms with Crippen molar-refractivity contribution in [1.82, 2.24) is 0 Å². The number of benzene rings is 2. The largest absolute Gasteiger partial charge is 0.456 e. The molecule has 0 atom stereocenters. The molecule has 0 aliphatic carbocycles. The number of sulfone groups is 1. The van der Waals surface area contributed by atoms with Crippen molar-refractivity contribution in [2.45, 2.75) is 4.90 Å². The van der Waals surface area contributed by atoms with Gasteiger partial charge in [-0.25, -0.2) is 8.42 Å². The van der Waals surface area contributed by atoms with Gasteiger partial charge in [0.25, 0.3) is 0 Å². The molecule has 0 bridgehead atoms. The molecule has 0 radical (unpaired) electrons. The van der Waals surface area contributed by atoms with E-state index in [-0.39, 0.29) is 4.90 Å². The van der Waals surface area contributed by atoms with Crippen molar-refractivity contribution in [3.05, 3.63) is 53.6 Å². The van der Waals surface area contributed by atoms with Crippen LogP contribution in [0.2, 0.25) is 5.02 Å². The quantitative estimate of drug-likeness (QED) is 0.865. The van der Waals surface area contributed by atoms with E-state index in [2.05, 4.69) is 0 Å². The molecule has 0 N–H and O–H groups in total. The van der Waals surface area contributed by atoms with Gasteiger partial charge in [0, 0.05) is 11.3 Å². The third-order valence-electron chi connectivity index (χ3n) is 2.29. The number of halogens is 1. The Hall–Kier alpha value is -1.52. The smallest absolute Gasteiger partial charge is 0.179 e. The van der Waals surface area contributed by atoms with E-state index in [1.807, 2.05) is 0 Å². The highest BCUT2D eigenvalue weighted by Gasteiger charge is 2.14. The Morgan fingerprint density at radius 2 is 1.61 bits per heavy atom. The molecule has 0 saturated carbocycles. The van der Waals surface area contributed by atoms with Crippen LogP contribution in [0.25, 0.3) is 0 Å². The molecule has 0 heterocycles. The number of hydrogen-bond donors (Lipinski definition) is 0. The third-order valence-corrected chi connectivity index (χ3v) is 3.68. The first-order chi connectivity index (χ1) is 8.47. The zero-order valence-electron chi connectivity index (χ0n) is 9.63. The lowest BCUT2D eigenvalue weighted by atomic mass is 10.3. The van der Waals surface area contributed by atoms with Crippen LogP contribution < -0.4 is 4.74 Å². The molecule has 0 spiro atoms. The van der Waals surface area contributed by atoms with Crippen LogP contribution in [0, 0.1) is 0 Å². The summed E-state index contributed by atoms with van der Waals surface area (Å²) in [4.78, 5) is 0.167. The van der Waals surface area contributed by atoms with Gasteiger partial charge in [-0.3, -0.25) is 0 Å². The highest BCUT2D eigenvalue weighted by Crippen LogP contribution is 2.29. The van der Waals surface area contributed by atoms with Gasteiger partial charge in [0.1, 0.15) is 16.4 Å². The summed E-state index contributed by atoms with van der Waals surface area (Å²) in [6.45, 7) is 0. The van der Waals surface area contributed by atoms with Crippen molar-refractivity contribution in [2.75, 3.05) is 6.26 Å². The zero-order valence-corrected chi connectivity index (χ0v) is 11.2. The van der Waals surface area contributed by atoms with Crippen LogP contribution in [-0.4, -0.2) is 14.7 Å². The lowest BCUT2D eigenvalue weighted by Gasteiger charge is -2.09. The molecular weight excluding hydrogens is 272 g/mol. The number of ether oxygens (including phenoxy) is 1. The van der Waals surface area contributed by atoms with Crippen molar-refractivity contribution in [2.24, 2.45) is 0 Å². The topological polar surface area (TPSA) is 43.4 Å². The lowest BCUT2D eigenvalue weighted by molar-refractivity contribution is 0.468. The minimum Gasteiger partial charge on any atom is -0.456 e. The molecule has 0 aliphatic heterocycles. The fraction of sp³-hybridized carbons (Fsp3) is 0.0769. The lowest BCUT2D eigenvalue weighted by Crippen LogP contribution is -1.99. The van der Waals surface area contributed by atoms with Crippen LogP contribution in [0.15, 0.2) is 53.4 Å². The first-order valence-electron chi connectivity index (χ1n) is 5.19. The summed E-state index contributed by atoms with van der Waals surface area (Å²) in [5, 5.41) is 0.596. The van der Waals surface area contributed by atoms with Crippen molar-refractivity contribution in [1.29, 1.82) is 0 Å². The van der Waals surface area contributed by atoms with E-state index in [4.69, 9.17) is 16.3 Å². The van der Waals surface area contributed by atoms with E-state index in [0.717, 1.165) is 6.26 Å². The average molecular weight is 283 g/mol. The van der Waals surface area contributed by atoms with Gasteiger partial charge in [0.15, 0.2) is 9.84 Å². The molecular formula is C13H11ClO3S. The zero-order chi connectivity index (χ0) is 13.2. The Bertz CT molecular complexity index is 648. The summed E-state index contributed by atoms with van der Waals surface area (Å²) in [6, 6.07) is 13.2. The first kappa shape index (κ1) is 12.9. The van der Waals surface area contributed by atoms with E-state index >= 15 is 0 Å². The van der Waals surface area contributed by atoms with Gasteiger partial charge < -0.3 is 4.74 Å². The summed E-state index contributed by atoms with van der Waals surface area (Å²) in [6.07, 6.45) is 1.15. The van der Waals surface area contributed by atoms with Crippen LogP contribution in [0.1, 0.15) is 0 Å². The van der Waals surface area contributed by atoms with E-state index < -0.39 is 9.84 Å². The second-order valence-electron chi connectivity index (χ2n) is 3.77. The molecule has 0 saturated heterocycles. The number of rotatable bonds is 3. The van der Waals surface area contributed by atoms with Crippen molar-refractivity contribution in [3.63, 3.8) is 0 Å². The van der Waals surface area contributed by atoms with Crippen molar-refractivity contribution < 1.29 is 13.2 Å². The Morgan fingerprint density at radius 3 is 2.22 bits per heavy atom. The van der Waals surface area contributed by atoms with Crippen molar-refractivity contribution in [3.8, 4) is 11.5 Å². The van der Waals surface area contributed by atoms with Gasteiger partial charge in [0.2, 0.25) is 0 Å². The molecule has 3 nitrogen and oxygen atoms in total. The van der Waals surface area contributed by atoms with Crippen LogP contribution in [0.3, 0.4) is 0 Å². The van der Waals surface area contributed by atoms with E-state index in [0.29, 0.717) is 16.5 Å². The molecule has 2 aromatic rings. The maximum atomic E-state index is 11.6. The average Bonchev–Trinajstić information content (AvgIpc) is 2.31. The fourth-order valence-corrected chi connectivity index (χ4v) is 2.40. The van der Waals surface area contributed by atoms with Crippen LogP contribution in [-0.2, 0) is 9.84 Å². The second kappa shape index (κ2) is 5.00. The highest BCUT2D eigenvalue weighted by molar-refractivity contribution is 7.90. The number of hydrogen-bond acceptors (Lipinski definition) is 3. The predicted molar refractivity (Wildman–Crippen MR) is 71.1 cm³/mol. The summed E-state index contributed by atoms with van der Waals surface area (Å²) < 4.78 is 28.7. The number of para-hydroxylation sites is 1. The minimum atomic E-state index is -3.31. The van der Waals surface area contributed by atoms with Crippen molar-refractivity contribution >= 4 is 21.4 Å². The molecule has 18 heavy (non-hydrogen) atoms. The van der Waals surface area contributed by atoms with Gasteiger partial charge in [-0.1, -0.05) is 23.7 Å². The Morgan fingerprint density at radius 1 is 1.00 bits per heavy atom. The summed E-state index contributed by atoms with van der Waals surface area (Å²) in [7, 11) is -3.31. The van der Waals surface area contributed by atoms with E-state index in [1.165, 1.54) is 6.07 Å². The molecule has 0 aromatic heterocycles. The molecule has 0 amide bonds. The Kier molecular flexibility index (Phi) is 3.59. The maximum Gasteiger partial charge on any atom is 0.179 e. The van der Waals surface area contributed by atoms with E-state index in [1.54, 1.807) is 42.5 Å². The molecule has 2 rings (SSSR count). The molecule has 2 aromatic carbocycles. The standard InChI is InChI=1S/C13H11ClO3S/c1-18(15,16)13-5-3-2-4-12(13)17-11-8-6-10(14)7-9-11/h2-9H,1H3. The molecule has 0 aliphatic rings. The predicted octanol–water partition coefficient (Wildman–Crippen LogP) is 3.54. The van der Waals surface area contributed by atoms with Gasteiger partial charge >= 0.3 is 0 Å².